The Hall–Kier alpha value is -1.46. The van der Waals surface area contributed by atoms with Gasteiger partial charge in [-0.15, -0.1) is 0 Å². The molecule has 1 aliphatic carbocycles. The second-order valence-electron chi connectivity index (χ2n) is 7.90. The molecular weight excluding hydrogens is 302 g/mol. The highest BCUT2D eigenvalue weighted by Gasteiger charge is 2.58. The molecule has 0 spiro atoms. The van der Waals surface area contributed by atoms with Crippen molar-refractivity contribution >= 4 is 5.97 Å². The highest BCUT2D eigenvalue weighted by Crippen LogP contribution is 2.45. The smallest absolute Gasteiger partial charge is 0.312 e. The number of carboxylic acid groups (broad SMARTS) is 1. The molecule has 1 aromatic rings. The molecule has 130 valence electrons. The normalized spacial score (nSPS) is 32.1. The summed E-state index contributed by atoms with van der Waals surface area (Å²) >= 11 is 0. The molecule has 24 heavy (non-hydrogen) atoms. The van der Waals surface area contributed by atoms with E-state index in [1.165, 1.54) is 37.7 Å². The predicted octanol–water partition coefficient (Wildman–Crippen LogP) is 2.23. The Labute approximate surface area is 143 Å². The topological polar surface area (TPSA) is 56.7 Å². The zero-order valence-corrected chi connectivity index (χ0v) is 14.2. The summed E-state index contributed by atoms with van der Waals surface area (Å²) < 4.78 is 0. The maximum absolute atomic E-state index is 12.2. The highest BCUT2D eigenvalue weighted by atomic mass is 16.4. The Morgan fingerprint density at radius 3 is 2.58 bits per heavy atom. The van der Waals surface area contributed by atoms with Gasteiger partial charge in [0.1, 0.15) is 0 Å². The molecular formula is C19H27N3O2. The van der Waals surface area contributed by atoms with E-state index in [2.05, 4.69) is 14.8 Å². The van der Waals surface area contributed by atoms with Crippen molar-refractivity contribution in [3.63, 3.8) is 0 Å². The van der Waals surface area contributed by atoms with Crippen LogP contribution in [0.4, 0.5) is 0 Å². The van der Waals surface area contributed by atoms with E-state index in [9.17, 15) is 9.90 Å². The van der Waals surface area contributed by atoms with Crippen LogP contribution in [-0.4, -0.2) is 58.1 Å². The lowest BCUT2D eigenvalue weighted by Gasteiger charge is -2.33. The van der Waals surface area contributed by atoms with Gasteiger partial charge in [-0.25, -0.2) is 0 Å². The summed E-state index contributed by atoms with van der Waals surface area (Å²) in [4.78, 5) is 21.1. The molecule has 5 nitrogen and oxygen atoms in total. The number of hydrogen-bond donors (Lipinski definition) is 1. The summed E-state index contributed by atoms with van der Waals surface area (Å²) in [5.41, 5.74) is 0.652. The van der Waals surface area contributed by atoms with E-state index in [4.69, 9.17) is 0 Å². The number of rotatable bonds is 4. The molecule has 0 radical (unpaired) electrons. The quantitative estimate of drug-likeness (QED) is 0.918. The minimum absolute atomic E-state index is 0.263. The zero-order chi connectivity index (χ0) is 16.6. The first-order valence-electron chi connectivity index (χ1n) is 9.26. The van der Waals surface area contributed by atoms with E-state index in [1.807, 2.05) is 24.5 Å². The molecule has 1 saturated carbocycles. The molecule has 4 rings (SSSR count). The van der Waals surface area contributed by atoms with Crippen LogP contribution in [-0.2, 0) is 11.3 Å². The summed E-state index contributed by atoms with van der Waals surface area (Å²) in [7, 11) is 0. The minimum Gasteiger partial charge on any atom is -0.481 e. The molecule has 3 fully saturated rings. The van der Waals surface area contributed by atoms with E-state index >= 15 is 0 Å². The van der Waals surface area contributed by atoms with Crippen LogP contribution in [0.2, 0.25) is 0 Å². The number of fused-ring (bicyclic) bond motifs is 1. The van der Waals surface area contributed by atoms with Crippen molar-refractivity contribution in [2.75, 3.05) is 26.2 Å². The van der Waals surface area contributed by atoms with Crippen molar-refractivity contribution in [2.45, 2.75) is 44.7 Å². The van der Waals surface area contributed by atoms with Gasteiger partial charge in [0.2, 0.25) is 0 Å². The van der Waals surface area contributed by atoms with Gasteiger partial charge in [0.25, 0.3) is 0 Å². The second-order valence-corrected chi connectivity index (χ2v) is 7.90. The number of nitrogens with zero attached hydrogens (tertiary/aromatic N) is 3. The predicted molar refractivity (Wildman–Crippen MR) is 91.5 cm³/mol. The third-order valence-electron chi connectivity index (χ3n) is 6.38. The Morgan fingerprint density at radius 1 is 1.17 bits per heavy atom. The molecule has 2 atom stereocenters. The number of aliphatic carboxylic acids is 1. The summed E-state index contributed by atoms with van der Waals surface area (Å²) in [6.45, 7) is 4.11. The van der Waals surface area contributed by atoms with Gasteiger partial charge in [0.05, 0.1) is 5.41 Å². The van der Waals surface area contributed by atoms with Gasteiger partial charge in [-0.1, -0.05) is 19.3 Å². The number of pyridine rings is 1. The molecule has 2 saturated heterocycles. The van der Waals surface area contributed by atoms with Crippen molar-refractivity contribution < 1.29 is 9.90 Å². The Morgan fingerprint density at radius 2 is 1.92 bits per heavy atom. The Bertz CT molecular complexity index is 588. The van der Waals surface area contributed by atoms with Gasteiger partial charge < -0.3 is 5.11 Å². The van der Waals surface area contributed by atoms with Crippen molar-refractivity contribution in [1.82, 2.24) is 14.8 Å². The van der Waals surface area contributed by atoms with E-state index in [-0.39, 0.29) is 5.92 Å². The van der Waals surface area contributed by atoms with Crippen molar-refractivity contribution in [1.29, 1.82) is 0 Å². The van der Waals surface area contributed by atoms with Crippen LogP contribution in [0.3, 0.4) is 0 Å². The molecule has 2 aliphatic heterocycles. The van der Waals surface area contributed by atoms with Crippen LogP contribution in [0.25, 0.3) is 0 Å². The number of aromatic nitrogens is 1. The summed E-state index contributed by atoms with van der Waals surface area (Å²) in [6.07, 6.45) is 10.1. The van der Waals surface area contributed by atoms with E-state index in [1.54, 1.807) is 0 Å². The molecule has 1 aromatic heterocycles. The van der Waals surface area contributed by atoms with Crippen LogP contribution in [0.5, 0.6) is 0 Å². The van der Waals surface area contributed by atoms with Gasteiger partial charge in [0.15, 0.2) is 0 Å². The van der Waals surface area contributed by atoms with Gasteiger partial charge in [-0.3, -0.25) is 19.6 Å². The van der Waals surface area contributed by atoms with Crippen LogP contribution in [0.15, 0.2) is 24.5 Å². The SMILES string of the molecule is O=C(O)[C@]12CN(Cc3ccncc3)C[C@H]1CN(C1CCCCC1)C2. The Kier molecular flexibility index (Phi) is 4.31. The van der Waals surface area contributed by atoms with E-state index < -0.39 is 11.4 Å². The number of likely N-dealkylation sites (tertiary alicyclic amines) is 2. The number of carboxylic acids is 1. The average molecular weight is 329 g/mol. The largest absolute Gasteiger partial charge is 0.481 e. The van der Waals surface area contributed by atoms with Crippen LogP contribution >= 0.6 is 0 Å². The van der Waals surface area contributed by atoms with Crippen LogP contribution < -0.4 is 0 Å². The lowest BCUT2D eigenvalue weighted by Crippen LogP contribution is -2.43. The second kappa shape index (κ2) is 6.45. The Balaban J connectivity index is 1.46. The van der Waals surface area contributed by atoms with E-state index in [0.717, 1.165) is 26.2 Å². The first kappa shape index (κ1) is 16.0. The van der Waals surface area contributed by atoms with E-state index in [0.29, 0.717) is 12.6 Å². The molecule has 5 heteroatoms. The fourth-order valence-corrected chi connectivity index (χ4v) is 5.10. The lowest BCUT2D eigenvalue weighted by atomic mass is 9.81. The third kappa shape index (κ3) is 2.84. The fourth-order valence-electron chi connectivity index (χ4n) is 5.10. The highest BCUT2D eigenvalue weighted by molar-refractivity contribution is 5.77. The monoisotopic (exact) mass is 329 g/mol. The molecule has 3 heterocycles. The fraction of sp³-hybridized carbons (Fsp3) is 0.684. The third-order valence-corrected chi connectivity index (χ3v) is 6.38. The summed E-state index contributed by atoms with van der Waals surface area (Å²) in [5, 5.41) is 10.0. The lowest BCUT2D eigenvalue weighted by molar-refractivity contribution is -0.149. The number of carbonyl (C=O) groups is 1. The number of hydrogen-bond acceptors (Lipinski definition) is 4. The standard InChI is InChI=1S/C19H27N3O2/c23-18(24)19-13-21(10-15-6-8-20-9-7-15)11-16(19)12-22(14-19)17-4-2-1-3-5-17/h6-9,16-17H,1-5,10-14H2,(H,23,24)/t16-,19-/m0/s1. The first-order chi connectivity index (χ1) is 11.7. The van der Waals surface area contributed by atoms with Crippen LogP contribution in [0.1, 0.15) is 37.7 Å². The molecule has 0 aromatic carbocycles. The summed E-state index contributed by atoms with van der Waals surface area (Å²) in [6, 6.07) is 4.67. The minimum atomic E-state index is -0.594. The molecule has 0 bridgehead atoms. The van der Waals surface area contributed by atoms with Gasteiger partial charge in [0, 0.05) is 57.1 Å². The average Bonchev–Trinajstić information content (AvgIpc) is 3.11. The van der Waals surface area contributed by atoms with Gasteiger partial charge in [-0.2, -0.15) is 0 Å². The molecule has 0 unspecified atom stereocenters. The van der Waals surface area contributed by atoms with Crippen LogP contribution in [0, 0.1) is 11.3 Å². The summed E-state index contributed by atoms with van der Waals surface area (Å²) in [5.74, 6) is -0.332. The molecule has 3 aliphatic rings. The van der Waals surface area contributed by atoms with Crippen molar-refractivity contribution in [3.05, 3.63) is 30.1 Å². The van der Waals surface area contributed by atoms with Gasteiger partial charge >= 0.3 is 5.97 Å². The molecule has 1 N–H and O–H groups in total. The zero-order valence-electron chi connectivity index (χ0n) is 14.2. The van der Waals surface area contributed by atoms with Crippen molar-refractivity contribution in [2.24, 2.45) is 11.3 Å². The first-order valence-corrected chi connectivity index (χ1v) is 9.26. The van der Waals surface area contributed by atoms with Crippen molar-refractivity contribution in [3.8, 4) is 0 Å². The van der Waals surface area contributed by atoms with Gasteiger partial charge in [-0.05, 0) is 30.5 Å². The maximum Gasteiger partial charge on any atom is 0.312 e. The maximum atomic E-state index is 12.2. The molecule has 0 amide bonds.